The minimum atomic E-state index is 0.303. The number of nitrogens with one attached hydrogen (secondary N) is 1. The predicted molar refractivity (Wildman–Crippen MR) is 105 cm³/mol. The van der Waals surface area contributed by atoms with E-state index in [0.717, 1.165) is 22.0 Å². The zero-order valence-corrected chi connectivity index (χ0v) is 14.7. The van der Waals surface area contributed by atoms with Crippen molar-refractivity contribution in [1.29, 1.82) is 0 Å². The van der Waals surface area contributed by atoms with E-state index < -0.39 is 0 Å². The smallest absolute Gasteiger partial charge is 0.158 e. The van der Waals surface area contributed by atoms with Crippen LogP contribution in [0.3, 0.4) is 0 Å². The number of halogens is 1. The van der Waals surface area contributed by atoms with Crippen LogP contribution in [0.15, 0.2) is 48.7 Å². The predicted octanol–water partition coefficient (Wildman–Crippen LogP) is 4.29. The first-order valence-corrected chi connectivity index (χ1v) is 8.34. The molecule has 126 valence electrons. The van der Waals surface area contributed by atoms with Gasteiger partial charge >= 0.3 is 0 Å². The van der Waals surface area contributed by atoms with Crippen LogP contribution in [0, 0.1) is 11.8 Å². The van der Waals surface area contributed by atoms with Gasteiger partial charge in [0.2, 0.25) is 0 Å². The fourth-order valence-electron chi connectivity index (χ4n) is 2.81. The van der Waals surface area contributed by atoms with Crippen molar-refractivity contribution in [3.05, 3.63) is 59.4 Å². The van der Waals surface area contributed by atoms with Gasteiger partial charge in [-0.3, -0.25) is 5.10 Å². The van der Waals surface area contributed by atoms with E-state index in [1.165, 1.54) is 0 Å². The number of hydrogen-bond donors (Lipinski definition) is 2. The molecular weight excluding hydrogens is 346 g/mol. The summed E-state index contributed by atoms with van der Waals surface area (Å²) in [6.45, 7) is 1.74. The lowest BCUT2D eigenvalue weighted by molar-refractivity contribution is 1.12. The third-order valence-electron chi connectivity index (χ3n) is 3.99. The highest BCUT2D eigenvalue weighted by molar-refractivity contribution is 6.35. The van der Waals surface area contributed by atoms with E-state index in [-0.39, 0.29) is 0 Å². The number of benzene rings is 2. The Labute approximate surface area is 155 Å². The molecule has 0 aliphatic heterocycles. The van der Waals surface area contributed by atoms with Crippen LogP contribution in [-0.4, -0.2) is 20.2 Å². The highest BCUT2D eigenvalue weighted by Crippen LogP contribution is 2.34. The number of nitrogens with two attached hydrogens (primary N) is 1. The molecule has 0 saturated heterocycles. The van der Waals surface area contributed by atoms with E-state index in [1.807, 2.05) is 42.5 Å². The Kier molecular flexibility index (Phi) is 4.04. The van der Waals surface area contributed by atoms with E-state index in [0.29, 0.717) is 27.9 Å². The molecule has 0 radical (unpaired) electrons. The summed E-state index contributed by atoms with van der Waals surface area (Å²) in [5, 5.41) is 8.41. The lowest BCUT2D eigenvalue weighted by Gasteiger charge is -2.11. The Hall–Kier alpha value is -3.36. The summed E-state index contributed by atoms with van der Waals surface area (Å²) >= 11 is 6.41. The van der Waals surface area contributed by atoms with E-state index >= 15 is 0 Å². The van der Waals surface area contributed by atoms with Crippen LogP contribution in [-0.2, 0) is 0 Å². The third kappa shape index (κ3) is 2.77. The van der Waals surface area contributed by atoms with E-state index in [4.69, 9.17) is 22.3 Å². The van der Waals surface area contributed by atoms with Crippen LogP contribution in [0.5, 0.6) is 0 Å². The SMILES string of the molecule is CC#Cc1nc(-c2cc(Cl)c3[nH]ncc3c2)c(-c2ccccc2)nc1N. The normalized spacial score (nSPS) is 10.5. The number of nitrogen functional groups attached to an aromatic ring is 1. The minimum absolute atomic E-state index is 0.303. The van der Waals surface area contributed by atoms with Gasteiger partial charge in [-0.2, -0.15) is 5.10 Å². The number of anilines is 1. The van der Waals surface area contributed by atoms with Gasteiger partial charge in [-0.1, -0.05) is 47.9 Å². The first-order chi connectivity index (χ1) is 12.7. The topological polar surface area (TPSA) is 80.5 Å². The van der Waals surface area contributed by atoms with Crippen molar-refractivity contribution in [2.75, 3.05) is 5.73 Å². The number of aromatic nitrogens is 4. The second kappa shape index (κ2) is 6.51. The molecule has 2 aromatic heterocycles. The van der Waals surface area contributed by atoms with Crippen LogP contribution < -0.4 is 5.73 Å². The van der Waals surface area contributed by atoms with Gasteiger partial charge in [0.05, 0.1) is 28.1 Å². The maximum atomic E-state index is 6.41. The molecule has 0 spiro atoms. The number of nitrogens with zero attached hydrogens (tertiary/aromatic N) is 3. The average molecular weight is 360 g/mol. The lowest BCUT2D eigenvalue weighted by Crippen LogP contribution is -2.03. The molecular formula is C20H14ClN5. The molecule has 0 bridgehead atoms. The largest absolute Gasteiger partial charge is 0.381 e. The van der Waals surface area contributed by atoms with E-state index in [1.54, 1.807) is 13.1 Å². The van der Waals surface area contributed by atoms with Gasteiger partial charge in [-0.05, 0) is 25.0 Å². The molecule has 0 aliphatic carbocycles. The molecule has 0 saturated carbocycles. The molecule has 26 heavy (non-hydrogen) atoms. The monoisotopic (exact) mass is 359 g/mol. The summed E-state index contributed by atoms with van der Waals surface area (Å²) < 4.78 is 0. The van der Waals surface area contributed by atoms with Crippen LogP contribution in [0.25, 0.3) is 33.4 Å². The second-order valence-corrected chi connectivity index (χ2v) is 6.10. The molecule has 0 fully saturated rings. The van der Waals surface area contributed by atoms with Gasteiger partial charge in [0.1, 0.15) is 0 Å². The summed E-state index contributed by atoms with van der Waals surface area (Å²) in [6, 6.07) is 13.6. The molecule has 4 aromatic rings. The minimum Gasteiger partial charge on any atom is -0.381 e. The lowest BCUT2D eigenvalue weighted by atomic mass is 10.0. The van der Waals surface area contributed by atoms with Crippen molar-refractivity contribution in [2.24, 2.45) is 0 Å². The van der Waals surface area contributed by atoms with Crippen LogP contribution in [0.4, 0.5) is 5.82 Å². The molecule has 0 atom stereocenters. The fraction of sp³-hybridized carbons (Fsp3) is 0.0500. The quantitative estimate of drug-likeness (QED) is 0.523. The summed E-state index contributed by atoms with van der Waals surface area (Å²) in [5.41, 5.74) is 10.4. The van der Waals surface area contributed by atoms with Crippen LogP contribution >= 0.6 is 11.6 Å². The highest BCUT2D eigenvalue weighted by Gasteiger charge is 2.16. The highest BCUT2D eigenvalue weighted by atomic mass is 35.5. The van der Waals surface area contributed by atoms with Crippen molar-refractivity contribution in [3.8, 4) is 34.4 Å². The molecule has 0 unspecified atom stereocenters. The Morgan fingerprint density at radius 2 is 1.81 bits per heavy atom. The number of rotatable bonds is 2. The van der Waals surface area contributed by atoms with Crippen molar-refractivity contribution in [1.82, 2.24) is 20.2 Å². The maximum Gasteiger partial charge on any atom is 0.158 e. The van der Waals surface area contributed by atoms with Gasteiger partial charge < -0.3 is 5.73 Å². The molecule has 6 heteroatoms. The Morgan fingerprint density at radius 3 is 2.58 bits per heavy atom. The first kappa shape index (κ1) is 16.1. The summed E-state index contributed by atoms with van der Waals surface area (Å²) in [5.74, 6) is 6.04. The van der Waals surface area contributed by atoms with Gasteiger partial charge in [0, 0.05) is 16.5 Å². The van der Waals surface area contributed by atoms with Gasteiger partial charge in [-0.15, -0.1) is 0 Å². The number of hydrogen-bond acceptors (Lipinski definition) is 4. The van der Waals surface area contributed by atoms with Gasteiger partial charge in [0.25, 0.3) is 0 Å². The van der Waals surface area contributed by atoms with Crippen molar-refractivity contribution < 1.29 is 0 Å². The second-order valence-electron chi connectivity index (χ2n) is 5.69. The molecule has 3 N–H and O–H groups in total. The van der Waals surface area contributed by atoms with Crippen molar-refractivity contribution in [3.63, 3.8) is 0 Å². The van der Waals surface area contributed by atoms with Crippen LogP contribution in [0.1, 0.15) is 12.6 Å². The maximum absolute atomic E-state index is 6.41. The van der Waals surface area contributed by atoms with Gasteiger partial charge in [0.15, 0.2) is 11.5 Å². The first-order valence-electron chi connectivity index (χ1n) is 7.96. The Morgan fingerprint density at radius 1 is 1.04 bits per heavy atom. The zero-order chi connectivity index (χ0) is 18.1. The van der Waals surface area contributed by atoms with Gasteiger partial charge in [-0.25, -0.2) is 9.97 Å². The Balaban J connectivity index is 2.03. The summed E-state index contributed by atoms with van der Waals surface area (Å²) in [6.07, 6.45) is 1.73. The van der Waals surface area contributed by atoms with Crippen molar-refractivity contribution in [2.45, 2.75) is 6.92 Å². The average Bonchev–Trinajstić information content (AvgIpc) is 3.13. The molecule has 2 heterocycles. The Bertz CT molecular complexity index is 1170. The molecule has 2 aromatic carbocycles. The van der Waals surface area contributed by atoms with Crippen LogP contribution in [0.2, 0.25) is 5.02 Å². The van der Waals surface area contributed by atoms with E-state index in [9.17, 15) is 0 Å². The number of fused-ring (bicyclic) bond motifs is 1. The number of H-pyrrole nitrogens is 1. The zero-order valence-electron chi connectivity index (χ0n) is 13.9. The molecule has 0 amide bonds. The standard InChI is InChI=1S/C20H14ClN5/c1-2-6-16-20(22)25-18(12-7-4-3-5-8-12)19(24-16)13-9-14-11-23-26-17(14)15(21)10-13/h3-5,7-11H,1H3,(H2,22,25)(H,23,26). The summed E-state index contributed by atoms with van der Waals surface area (Å²) in [7, 11) is 0. The third-order valence-corrected chi connectivity index (χ3v) is 4.29. The number of aromatic amines is 1. The molecule has 0 aliphatic rings. The molecule has 5 nitrogen and oxygen atoms in total. The fourth-order valence-corrected chi connectivity index (χ4v) is 3.08. The summed E-state index contributed by atoms with van der Waals surface area (Å²) in [4.78, 5) is 9.27. The molecule has 4 rings (SSSR count). The van der Waals surface area contributed by atoms with E-state index in [2.05, 4.69) is 27.0 Å². The van der Waals surface area contributed by atoms with Crippen molar-refractivity contribution >= 4 is 28.3 Å².